The number of hydrogen-bond acceptors (Lipinski definition) is 0. The Labute approximate surface area is 130 Å². The van der Waals surface area contributed by atoms with Gasteiger partial charge in [0, 0.05) is 5.02 Å². The number of halogens is 1. The van der Waals surface area contributed by atoms with Crippen molar-refractivity contribution >= 4 is 24.8 Å². The van der Waals surface area contributed by atoms with E-state index in [9.17, 15) is 0 Å². The fourth-order valence-electron chi connectivity index (χ4n) is 4.05. The molecule has 2 aliphatic rings. The molecule has 0 aromatic heterocycles. The van der Waals surface area contributed by atoms with Gasteiger partial charge in [-0.25, -0.2) is 0 Å². The molecule has 0 amide bonds. The summed E-state index contributed by atoms with van der Waals surface area (Å²) in [6.45, 7) is 0. The number of benzene rings is 1. The van der Waals surface area contributed by atoms with Gasteiger partial charge in [0.1, 0.15) is 0 Å². The summed E-state index contributed by atoms with van der Waals surface area (Å²) in [5, 5.41) is 2.51. The molecule has 3 rings (SSSR count). The monoisotopic (exact) mass is 308 g/mol. The molecule has 0 N–H and O–H groups in total. The first-order chi connectivity index (χ1) is 9.84. The topological polar surface area (TPSA) is 0 Å². The SMILES string of the molecule is Clc1ccc(P(C2CCCCC2)C2CCCCC2)cc1. The highest BCUT2D eigenvalue weighted by Crippen LogP contribution is 2.54. The Kier molecular flexibility index (Phi) is 5.41. The zero-order valence-corrected chi connectivity index (χ0v) is 14.0. The summed E-state index contributed by atoms with van der Waals surface area (Å²) in [5.74, 6) is 0. The Morgan fingerprint density at radius 2 is 1.15 bits per heavy atom. The molecule has 0 saturated heterocycles. The van der Waals surface area contributed by atoms with Gasteiger partial charge in [0.25, 0.3) is 0 Å². The first kappa shape index (κ1) is 14.9. The average molecular weight is 309 g/mol. The fourth-order valence-corrected chi connectivity index (χ4v) is 7.95. The van der Waals surface area contributed by atoms with E-state index in [-0.39, 0.29) is 7.92 Å². The summed E-state index contributed by atoms with van der Waals surface area (Å²) in [7, 11) is 0.0369. The highest BCUT2D eigenvalue weighted by molar-refractivity contribution is 7.67. The van der Waals surface area contributed by atoms with Gasteiger partial charge < -0.3 is 0 Å². The zero-order chi connectivity index (χ0) is 13.8. The van der Waals surface area contributed by atoms with E-state index in [1.54, 1.807) is 5.30 Å². The lowest BCUT2D eigenvalue weighted by Crippen LogP contribution is -2.26. The van der Waals surface area contributed by atoms with Gasteiger partial charge in [0.05, 0.1) is 0 Å². The van der Waals surface area contributed by atoms with E-state index in [2.05, 4.69) is 24.3 Å². The Balaban J connectivity index is 1.83. The van der Waals surface area contributed by atoms with Crippen LogP contribution in [0.2, 0.25) is 5.02 Å². The summed E-state index contributed by atoms with van der Waals surface area (Å²) in [4.78, 5) is 0. The molecule has 2 heteroatoms. The van der Waals surface area contributed by atoms with Crippen molar-refractivity contribution in [3.63, 3.8) is 0 Å². The molecule has 0 radical (unpaired) electrons. The molecule has 0 aliphatic heterocycles. The van der Waals surface area contributed by atoms with Crippen LogP contribution in [0.3, 0.4) is 0 Å². The molecular weight excluding hydrogens is 283 g/mol. The van der Waals surface area contributed by atoms with E-state index >= 15 is 0 Å². The number of hydrogen-bond donors (Lipinski definition) is 0. The normalized spacial score (nSPS) is 22.3. The summed E-state index contributed by atoms with van der Waals surface area (Å²) in [6, 6.07) is 8.88. The van der Waals surface area contributed by atoms with Crippen molar-refractivity contribution in [3.8, 4) is 0 Å². The van der Waals surface area contributed by atoms with Crippen molar-refractivity contribution in [2.75, 3.05) is 0 Å². The first-order valence-corrected chi connectivity index (χ1v) is 10.2. The van der Waals surface area contributed by atoms with Gasteiger partial charge in [-0.15, -0.1) is 0 Å². The summed E-state index contributed by atoms with van der Waals surface area (Å²) < 4.78 is 0. The van der Waals surface area contributed by atoms with Crippen molar-refractivity contribution in [2.24, 2.45) is 0 Å². The Morgan fingerprint density at radius 1 is 0.700 bits per heavy atom. The van der Waals surface area contributed by atoms with Crippen molar-refractivity contribution in [2.45, 2.75) is 75.5 Å². The summed E-state index contributed by atoms with van der Waals surface area (Å²) >= 11 is 6.10. The quantitative estimate of drug-likeness (QED) is 0.591. The fraction of sp³-hybridized carbons (Fsp3) is 0.667. The minimum Gasteiger partial charge on any atom is -0.0843 e. The molecule has 0 spiro atoms. The molecule has 0 bridgehead atoms. The maximum Gasteiger partial charge on any atom is 0.0406 e. The predicted octanol–water partition coefficient (Wildman–Crippen LogP) is 6.11. The molecule has 0 atom stereocenters. The van der Waals surface area contributed by atoms with E-state index in [0.717, 1.165) is 16.3 Å². The molecular formula is C18H26ClP. The minimum atomic E-state index is 0.0369. The standard InChI is InChI=1S/C18H26ClP/c19-15-11-13-18(14-12-15)20(16-7-3-1-4-8-16)17-9-5-2-6-10-17/h11-14,16-17H,1-10H2. The smallest absolute Gasteiger partial charge is 0.0406 e. The van der Waals surface area contributed by atoms with Crippen molar-refractivity contribution in [1.82, 2.24) is 0 Å². The van der Waals surface area contributed by atoms with Crippen LogP contribution < -0.4 is 5.30 Å². The largest absolute Gasteiger partial charge is 0.0843 e. The van der Waals surface area contributed by atoms with Crippen LogP contribution >= 0.6 is 19.5 Å². The minimum absolute atomic E-state index is 0.0369. The van der Waals surface area contributed by atoms with Crippen LogP contribution in [0, 0.1) is 0 Å². The maximum absolute atomic E-state index is 6.10. The molecule has 2 fully saturated rings. The van der Waals surface area contributed by atoms with E-state index < -0.39 is 0 Å². The lowest BCUT2D eigenvalue weighted by molar-refractivity contribution is 0.487. The molecule has 0 heterocycles. The first-order valence-electron chi connectivity index (χ1n) is 8.38. The molecule has 2 aliphatic carbocycles. The van der Waals surface area contributed by atoms with E-state index in [1.807, 2.05) is 0 Å². The lowest BCUT2D eigenvalue weighted by atomic mass is 9.99. The third kappa shape index (κ3) is 3.58. The molecule has 110 valence electrons. The van der Waals surface area contributed by atoms with Gasteiger partial charge in [-0.2, -0.15) is 0 Å². The third-order valence-corrected chi connectivity index (χ3v) is 8.81. The number of rotatable bonds is 3. The van der Waals surface area contributed by atoms with Crippen molar-refractivity contribution in [3.05, 3.63) is 29.3 Å². The Hall–Kier alpha value is -0.0600. The second-order valence-corrected chi connectivity index (χ2v) is 9.70. The molecule has 2 saturated carbocycles. The van der Waals surface area contributed by atoms with Gasteiger partial charge in [-0.05, 0) is 54.4 Å². The van der Waals surface area contributed by atoms with E-state index in [4.69, 9.17) is 11.6 Å². The molecule has 0 nitrogen and oxygen atoms in total. The van der Waals surface area contributed by atoms with Crippen LogP contribution in [-0.2, 0) is 0 Å². The van der Waals surface area contributed by atoms with E-state index in [1.165, 1.54) is 64.2 Å². The molecule has 1 aromatic carbocycles. The van der Waals surface area contributed by atoms with Crippen LogP contribution in [-0.4, -0.2) is 11.3 Å². The van der Waals surface area contributed by atoms with Crippen LogP contribution in [0.25, 0.3) is 0 Å². The van der Waals surface area contributed by atoms with E-state index in [0.29, 0.717) is 0 Å². The Morgan fingerprint density at radius 3 is 1.60 bits per heavy atom. The van der Waals surface area contributed by atoms with Gasteiger partial charge in [0.15, 0.2) is 0 Å². The Bertz CT molecular complexity index is 384. The van der Waals surface area contributed by atoms with Gasteiger partial charge in [-0.3, -0.25) is 0 Å². The average Bonchev–Trinajstić information content (AvgIpc) is 2.52. The molecule has 20 heavy (non-hydrogen) atoms. The second-order valence-electron chi connectivity index (χ2n) is 6.47. The second kappa shape index (κ2) is 7.28. The molecule has 1 aromatic rings. The molecule has 0 unspecified atom stereocenters. The summed E-state index contributed by atoms with van der Waals surface area (Å²) in [5.41, 5.74) is 1.98. The van der Waals surface area contributed by atoms with Crippen molar-refractivity contribution in [1.29, 1.82) is 0 Å². The van der Waals surface area contributed by atoms with Crippen LogP contribution in [0.1, 0.15) is 64.2 Å². The van der Waals surface area contributed by atoms with Gasteiger partial charge in [0.2, 0.25) is 0 Å². The predicted molar refractivity (Wildman–Crippen MR) is 91.8 cm³/mol. The lowest BCUT2D eigenvalue weighted by Gasteiger charge is -2.38. The van der Waals surface area contributed by atoms with Crippen molar-refractivity contribution < 1.29 is 0 Å². The van der Waals surface area contributed by atoms with Crippen LogP contribution in [0.5, 0.6) is 0 Å². The summed E-state index contributed by atoms with van der Waals surface area (Å²) in [6.07, 6.45) is 14.7. The maximum atomic E-state index is 6.10. The van der Waals surface area contributed by atoms with Crippen LogP contribution in [0.15, 0.2) is 24.3 Å². The highest BCUT2D eigenvalue weighted by atomic mass is 35.5. The van der Waals surface area contributed by atoms with Crippen LogP contribution in [0.4, 0.5) is 0 Å². The van der Waals surface area contributed by atoms with Gasteiger partial charge in [-0.1, -0.05) is 70.2 Å². The van der Waals surface area contributed by atoms with Gasteiger partial charge >= 0.3 is 0 Å². The highest BCUT2D eigenvalue weighted by Gasteiger charge is 2.31. The third-order valence-electron chi connectivity index (χ3n) is 5.06. The zero-order valence-electron chi connectivity index (χ0n) is 12.4.